The number of carbonyl (C=O) groups excluding carboxylic acids is 2. The highest BCUT2D eigenvalue weighted by molar-refractivity contribution is 5.93. The van der Waals surface area contributed by atoms with Gasteiger partial charge in [-0.05, 0) is 44.0 Å². The average Bonchev–Trinajstić information content (AvgIpc) is 3.31. The number of methoxy groups -OCH3 is 2. The molecule has 0 aliphatic carbocycles. The normalized spacial score (nSPS) is 14.7. The average molecular weight is 506 g/mol. The van der Waals surface area contributed by atoms with E-state index in [1.54, 1.807) is 19.1 Å². The number of fused-ring (bicyclic) bond motifs is 1. The lowest BCUT2D eigenvalue weighted by molar-refractivity contribution is -0.149. The summed E-state index contributed by atoms with van der Waals surface area (Å²) in [4.78, 5) is 30.8. The van der Waals surface area contributed by atoms with Crippen LogP contribution in [0.5, 0.6) is 11.5 Å². The van der Waals surface area contributed by atoms with Crippen molar-refractivity contribution in [2.75, 3.05) is 33.9 Å². The lowest BCUT2D eigenvalue weighted by Crippen LogP contribution is -2.40. The topological polar surface area (TPSA) is 95.3 Å². The molecule has 3 heterocycles. The lowest BCUT2D eigenvalue weighted by atomic mass is 9.97. The van der Waals surface area contributed by atoms with E-state index in [-0.39, 0.29) is 48.6 Å². The van der Waals surface area contributed by atoms with E-state index in [1.807, 2.05) is 0 Å². The standard InChI is InChI=1S/C24H25F3N4O5/c1-4-36-23(33)14-7-9-30(10-8-14)22(32)17-13-21-28-16(12-20(24(25,26)27)31(21)29-17)15-5-6-18(34-2)19(11-15)35-3/h5-6,11-14H,4,7-10H2,1-3H3. The third kappa shape index (κ3) is 4.93. The zero-order valence-electron chi connectivity index (χ0n) is 20.0. The molecule has 0 radical (unpaired) electrons. The van der Waals surface area contributed by atoms with Crippen molar-refractivity contribution in [1.29, 1.82) is 0 Å². The maximum Gasteiger partial charge on any atom is 0.433 e. The Morgan fingerprint density at radius 3 is 2.36 bits per heavy atom. The van der Waals surface area contributed by atoms with E-state index in [1.165, 1.54) is 31.3 Å². The maximum absolute atomic E-state index is 14.0. The molecule has 12 heteroatoms. The fraction of sp³-hybridized carbons (Fsp3) is 0.417. The van der Waals surface area contributed by atoms with Crippen molar-refractivity contribution in [2.24, 2.45) is 5.92 Å². The number of carbonyl (C=O) groups is 2. The lowest BCUT2D eigenvalue weighted by Gasteiger charge is -2.30. The van der Waals surface area contributed by atoms with E-state index in [4.69, 9.17) is 14.2 Å². The van der Waals surface area contributed by atoms with Crippen LogP contribution >= 0.6 is 0 Å². The Hall–Kier alpha value is -3.83. The first-order chi connectivity index (χ1) is 17.2. The molecule has 1 fully saturated rings. The summed E-state index contributed by atoms with van der Waals surface area (Å²) in [6.45, 7) is 2.54. The van der Waals surface area contributed by atoms with Crippen LogP contribution in [-0.4, -0.2) is 65.3 Å². The third-order valence-electron chi connectivity index (χ3n) is 6.02. The minimum atomic E-state index is -4.75. The van der Waals surface area contributed by atoms with Gasteiger partial charge in [0.15, 0.2) is 28.5 Å². The summed E-state index contributed by atoms with van der Waals surface area (Å²) < 4.78 is 58.0. The van der Waals surface area contributed by atoms with Crippen LogP contribution in [0, 0.1) is 5.92 Å². The Morgan fingerprint density at radius 1 is 1.06 bits per heavy atom. The molecule has 1 aliphatic rings. The second kappa shape index (κ2) is 10.0. The molecule has 4 rings (SSSR count). The van der Waals surface area contributed by atoms with Crippen molar-refractivity contribution in [3.8, 4) is 22.8 Å². The Bertz CT molecular complexity index is 1280. The predicted octanol–water partition coefficient (Wildman–Crippen LogP) is 3.85. The van der Waals surface area contributed by atoms with Crippen LogP contribution in [0.2, 0.25) is 0 Å². The second-order valence-electron chi connectivity index (χ2n) is 8.21. The molecule has 0 bridgehead atoms. The van der Waals surface area contributed by atoms with Crippen LogP contribution in [-0.2, 0) is 15.7 Å². The number of aromatic nitrogens is 3. The summed E-state index contributed by atoms with van der Waals surface area (Å²) in [7, 11) is 2.87. The van der Waals surface area contributed by atoms with Gasteiger partial charge in [0, 0.05) is 24.7 Å². The van der Waals surface area contributed by atoms with Gasteiger partial charge in [0.1, 0.15) is 0 Å². The summed E-state index contributed by atoms with van der Waals surface area (Å²) in [5.74, 6) is -0.386. The van der Waals surface area contributed by atoms with Crippen molar-refractivity contribution in [1.82, 2.24) is 19.5 Å². The van der Waals surface area contributed by atoms with E-state index in [2.05, 4.69) is 10.1 Å². The molecular weight excluding hydrogens is 481 g/mol. The Kier molecular flexibility index (Phi) is 7.04. The number of alkyl halides is 3. The second-order valence-corrected chi connectivity index (χ2v) is 8.21. The number of esters is 1. The van der Waals surface area contributed by atoms with Gasteiger partial charge in [-0.1, -0.05) is 0 Å². The van der Waals surface area contributed by atoms with Crippen LogP contribution in [0.25, 0.3) is 16.9 Å². The van der Waals surface area contributed by atoms with E-state index < -0.39 is 17.8 Å². The summed E-state index contributed by atoms with van der Waals surface area (Å²) in [6, 6.07) is 6.77. The van der Waals surface area contributed by atoms with Crippen LogP contribution in [0.1, 0.15) is 35.9 Å². The number of likely N-dealkylation sites (tertiary alicyclic amines) is 1. The number of benzene rings is 1. The highest BCUT2D eigenvalue weighted by Crippen LogP contribution is 2.35. The number of piperidine rings is 1. The molecule has 0 unspecified atom stereocenters. The Labute approximate surface area is 204 Å². The fourth-order valence-electron chi connectivity index (χ4n) is 4.16. The molecule has 1 amide bonds. The number of hydrogen-bond donors (Lipinski definition) is 0. The fourth-order valence-corrected chi connectivity index (χ4v) is 4.16. The molecular formula is C24H25F3N4O5. The van der Waals surface area contributed by atoms with E-state index >= 15 is 0 Å². The van der Waals surface area contributed by atoms with Gasteiger partial charge in [0.25, 0.3) is 5.91 Å². The molecule has 9 nitrogen and oxygen atoms in total. The van der Waals surface area contributed by atoms with Gasteiger partial charge in [-0.25, -0.2) is 9.50 Å². The highest BCUT2D eigenvalue weighted by Gasteiger charge is 2.36. The number of hydrogen-bond acceptors (Lipinski definition) is 7. The molecule has 2 aromatic heterocycles. The first-order valence-electron chi connectivity index (χ1n) is 11.3. The molecule has 1 saturated heterocycles. The molecule has 1 aliphatic heterocycles. The minimum Gasteiger partial charge on any atom is -0.493 e. The van der Waals surface area contributed by atoms with E-state index in [0.717, 1.165) is 6.07 Å². The van der Waals surface area contributed by atoms with Crippen molar-refractivity contribution >= 4 is 17.5 Å². The maximum atomic E-state index is 14.0. The van der Waals surface area contributed by atoms with Crippen LogP contribution in [0.15, 0.2) is 30.3 Å². The molecule has 3 aromatic rings. The van der Waals surface area contributed by atoms with E-state index in [9.17, 15) is 22.8 Å². The first-order valence-corrected chi connectivity index (χ1v) is 11.3. The highest BCUT2D eigenvalue weighted by atomic mass is 19.4. The monoisotopic (exact) mass is 506 g/mol. The van der Waals surface area contributed by atoms with Crippen LogP contribution in [0.3, 0.4) is 0 Å². The molecule has 0 atom stereocenters. The van der Waals surface area contributed by atoms with E-state index in [0.29, 0.717) is 34.4 Å². The Morgan fingerprint density at radius 2 is 1.75 bits per heavy atom. The van der Waals surface area contributed by atoms with Crippen molar-refractivity contribution in [3.05, 3.63) is 41.7 Å². The van der Waals surface area contributed by atoms with Crippen molar-refractivity contribution in [2.45, 2.75) is 25.9 Å². The molecule has 0 N–H and O–H groups in total. The molecule has 0 saturated carbocycles. The van der Waals surface area contributed by atoms with Gasteiger partial charge in [0.05, 0.1) is 32.4 Å². The van der Waals surface area contributed by atoms with Crippen LogP contribution in [0.4, 0.5) is 13.2 Å². The largest absolute Gasteiger partial charge is 0.493 e. The zero-order valence-corrected chi connectivity index (χ0v) is 20.0. The number of halogens is 3. The summed E-state index contributed by atoms with van der Waals surface area (Å²) in [6.07, 6.45) is -3.93. The number of ether oxygens (including phenoxy) is 3. The SMILES string of the molecule is CCOC(=O)C1CCN(C(=O)c2cc3nc(-c4ccc(OC)c(OC)c4)cc(C(F)(F)F)n3n2)CC1. The summed E-state index contributed by atoms with van der Waals surface area (Å²) in [5, 5.41) is 3.94. The summed E-state index contributed by atoms with van der Waals surface area (Å²) in [5.41, 5.74) is -0.954. The molecule has 1 aromatic carbocycles. The number of rotatable bonds is 6. The molecule has 36 heavy (non-hydrogen) atoms. The number of nitrogens with zero attached hydrogens (tertiary/aromatic N) is 4. The van der Waals surface area contributed by atoms with Crippen LogP contribution < -0.4 is 9.47 Å². The Balaban J connectivity index is 1.67. The predicted molar refractivity (Wildman–Crippen MR) is 122 cm³/mol. The van der Waals surface area contributed by atoms with Gasteiger partial charge in [0.2, 0.25) is 0 Å². The molecule has 192 valence electrons. The van der Waals surface area contributed by atoms with Gasteiger partial charge < -0.3 is 19.1 Å². The van der Waals surface area contributed by atoms with Crippen molar-refractivity contribution in [3.63, 3.8) is 0 Å². The molecule has 0 spiro atoms. The number of amides is 1. The summed E-state index contributed by atoms with van der Waals surface area (Å²) >= 11 is 0. The van der Waals surface area contributed by atoms with Gasteiger partial charge >= 0.3 is 12.1 Å². The smallest absolute Gasteiger partial charge is 0.433 e. The van der Waals surface area contributed by atoms with Gasteiger partial charge in [-0.2, -0.15) is 18.3 Å². The minimum absolute atomic E-state index is 0.0323. The quantitative estimate of drug-likeness (QED) is 0.469. The van der Waals surface area contributed by atoms with Crippen molar-refractivity contribution < 1.29 is 37.0 Å². The zero-order chi connectivity index (χ0) is 26.0. The first kappa shape index (κ1) is 25.3. The van der Waals surface area contributed by atoms with Gasteiger partial charge in [-0.15, -0.1) is 0 Å². The third-order valence-corrected chi connectivity index (χ3v) is 6.02. The van der Waals surface area contributed by atoms with Gasteiger partial charge in [-0.3, -0.25) is 9.59 Å².